The number of hydrogen-bond acceptors (Lipinski definition) is 6. The van der Waals surface area contributed by atoms with E-state index in [0.717, 1.165) is 10.4 Å². The highest BCUT2D eigenvalue weighted by Crippen LogP contribution is 2.24. The number of thiophene rings is 1. The standard InChI is InChI=1S/C22H24N2O5S2/c1-28-18-9-8-16(21(14-18)29-2)10-11-23-22(25)17-5-3-7-20(13-17)31(26,27)24-15-19-6-4-12-30-19/h3-9,12-14,24H,10-11,15H2,1-2H3,(H,23,25). The van der Waals surface area contributed by atoms with E-state index in [2.05, 4.69) is 10.0 Å². The fraction of sp³-hybridized carbons (Fsp3) is 0.227. The molecule has 0 saturated heterocycles. The first-order valence-corrected chi connectivity index (χ1v) is 11.9. The van der Waals surface area contributed by atoms with Crippen LogP contribution in [0.15, 0.2) is 64.9 Å². The van der Waals surface area contributed by atoms with Gasteiger partial charge in [0.1, 0.15) is 11.5 Å². The lowest BCUT2D eigenvalue weighted by Crippen LogP contribution is -2.27. The van der Waals surface area contributed by atoms with Crippen molar-refractivity contribution in [2.75, 3.05) is 20.8 Å². The quantitative estimate of drug-likeness (QED) is 0.485. The lowest BCUT2D eigenvalue weighted by molar-refractivity contribution is 0.0954. The van der Waals surface area contributed by atoms with Gasteiger partial charge in [-0.05, 0) is 47.7 Å². The summed E-state index contributed by atoms with van der Waals surface area (Å²) in [4.78, 5) is 13.5. The molecule has 9 heteroatoms. The molecule has 0 aliphatic rings. The minimum absolute atomic E-state index is 0.0496. The van der Waals surface area contributed by atoms with Crippen molar-refractivity contribution >= 4 is 27.3 Å². The van der Waals surface area contributed by atoms with Gasteiger partial charge in [-0.15, -0.1) is 11.3 Å². The second-order valence-electron chi connectivity index (χ2n) is 6.62. The minimum atomic E-state index is -3.72. The van der Waals surface area contributed by atoms with Gasteiger partial charge in [0.25, 0.3) is 5.91 Å². The van der Waals surface area contributed by atoms with E-state index in [1.807, 2.05) is 29.6 Å². The van der Waals surface area contributed by atoms with Crippen molar-refractivity contribution < 1.29 is 22.7 Å². The van der Waals surface area contributed by atoms with Gasteiger partial charge < -0.3 is 14.8 Å². The molecule has 0 atom stereocenters. The third-order valence-corrected chi connectivity index (χ3v) is 6.87. The fourth-order valence-corrected chi connectivity index (χ4v) is 4.73. The Hall–Kier alpha value is -2.88. The van der Waals surface area contributed by atoms with Gasteiger partial charge >= 0.3 is 0 Å². The number of nitrogens with one attached hydrogen (secondary N) is 2. The molecular weight excluding hydrogens is 436 g/mol. The van der Waals surface area contributed by atoms with E-state index in [1.165, 1.54) is 23.5 Å². The number of amides is 1. The summed E-state index contributed by atoms with van der Waals surface area (Å²) >= 11 is 1.47. The summed E-state index contributed by atoms with van der Waals surface area (Å²) in [6.45, 7) is 0.579. The van der Waals surface area contributed by atoms with Crippen LogP contribution in [0.4, 0.5) is 0 Å². The second-order valence-corrected chi connectivity index (χ2v) is 9.41. The maximum Gasteiger partial charge on any atom is 0.251 e. The van der Waals surface area contributed by atoms with Gasteiger partial charge in [0.05, 0.1) is 19.1 Å². The predicted molar refractivity (Wildman–Crippen MR) is 120 cm³/mol. The highest BCUT2D eigenvalue weighted by molar-refractivity contribution is 7.89. The molecule has 0 unspecified atom stereocenters. The number of carbonyl (C=O) groups is 1. The van der Waals surface area contributed by atoms with E-state index < -0.39 is 10.0 Å². The van der Waals surface area contributed by atoms with Crippen LogP contribution in [-0.2, 0) is 23.0 Å². The predicted octanol–water partition coefficient (Wildman–Crippen LogP) is 3.22. The fourth-order valence-electron chi connectivity index (χ4n) is 2.94. The van der Waals surface area contributed by atoms with Crippen LogP contribution in [0.2, 0.25) is 0 Å². The average molecular weight is 461 g/mol. The first kappa shape index (κ1) is 22.8. The zero-order valence-electron chi connectivity index (χ0n) is 17.3. The lowest BCUT2D eigenvalue weighted by Gasteiger charge is -2.11. The van der Waals surface area contributed by atoms with Crippen molar-refractivity contribution in [1.82, 2.24) is 10.0 Å². The Labute approximate surface area is 186 Å². The number of carbonyl (C=O) groups excluding carboxylic acids is 1. The average Bonchev–Trinajstić information content (AvgIpc) is 3.32. The number of benzene rings is 2. The van der Waals surface area contributed by atoms with Gasteiger partial charge in [0.2, 0.25) is 10.0 Å². The first-order valence-electron chi connectivity index (χ1n) is 9.54. The largest absolute Gasteiger partial charge is 0.497 e. The lowest BCUT2D eigenvalue weighted by atomic mass is 10.1. The van der Waals surface area contributed by atoms with Crippen LogP contribution in [0.25, 0.3) is 0 Å². The Morgan fingerprint density at radius 2 is 1.87 bits per heavy atom. The molecule has 0 aliphatic heterocycles. The van der Waals surface area contributed by atoms with Crippen LogP contribution in [0, 0.1) is 0 Å². The Kier molecular flexibility index (Phi) is 7.67. The van der Waals surface area contributed by atoms with Crippen LogP contribution in [0.1, 0.15) is 20.8 Å². The summed E-state index contributed by atoms with van der Waals surface area (Å²) in [7, 11) is -0.561. The zero-order chi connectivity index (χ0) is 22.3. The Morgan fingerprint density at radius 3 is 2.58 bits per heavy atom. The van der Waals surface area contributed by atoms with E-state index in [0.29, 0.717) is 24.5 Å². The molecule has 0 spiro atoms. The van der Waals surface area contributed by atoms with Gasteiger partial charge in [-0.1, -0.05) is 18.2 Å². The Morgan fingerprint density at radius 1 is 1.03 bits per heavy atom. The molecule has 2 aromatic carbocycles. The molecule has 7 nitrogen and oxygen atoms in total. The Balaban J connectivity index is 1.61. The number of hydrogen-bond donors (Lipinski definition) is 2. The number of ether oxygens (including phenoxy) is 2. The van der Waals surface area contributed by atoms with Crippen molar-refractivity contribution in [3.8, 4) is 11.5 Å². The maximum absolute atomic E-state index is 12.6. The van der Waals surface area contributed by atoms with E-state index in [-0.39, 0.29) is 22.9 Å². The molecule has 31 heavy (non-hydrogen) atoms. The van der Waals surface area contributed by atoms with Crippen molar-refractivity contribution in [2.24, 2.45) is 0 Å². The van der Waals surface area contributed by atoms with Gasteiger partial charge in [0, 0.05) is 29.6 Å². The summed E-state index contributed by atoms with van der Waals surface area (Å²) in [6.07, 6.45) is 0.555. The smallest absolute Gasteiger partial charge is 0.251 e. The molecule has 3 aromatic rings. The van der Waals surface area contributed by atoms with Crippen LogP contribution in [0.5, 0.6) is 11.5 Å². The van der Waals surface area contributed by atoms with Crippen molar-refractivity contribution in [3.63, 3.8) is 0 Å². The van der Waals surface area contributed by atoms with Gasteiger partial charge in [-0.3, -0.25) is 4.79 Å². The summed E-state index contributed by atoms with van der Waals surface area (Å²) in [5, 5.41) is 4.71. The minimum Gasteiger partial charge on any atom is -0.497 e. The van der Waals surface area contributed by atoms with Gasteiger partial charge in [-0.2, -0.15) is 0 Å². The third-order valence-electron chi connectivity index (χ3n) is 4.60. The second kappa shape index (κ2) is 10.4. The van der Waals surface area contributed by atoms with Crippen molar-refractivity contribution in [3.05, 3.63) is 76.0 Å². The van der Waals surface area contributed by atoms with Crippen LogP contribution < -0.4 is 19.5 Å². The highest BCUT2D eigenvalue weighted by Gasteiger charge is 2.16. The van der Waals surface area contributed by atoms with Crippen LogP contribution in [0.3, 0.4) is 0 Å². The van der Waals surface area contributed by atoms with Crippen LogP contribution >= 0.6 is 11.3 Å². The highest BCUT2D eigenvalue weighted by atomic mass is 32.2. The van der Waals surface area contributed by atoms with E-state index in [4.69, 9.17) is 9.47 Å². The van der Waals surface area contributed by atoms with E-state index in [1.54, 1.807) is 32.4 Å². The number of methoxy groups -OCH3 is 2. The third kappa shape index (κ3) is 6.06. The van der Waals surface area contributed by atoms with Gasteiger partial charge in [-0.25, -0.2) is 13.1 Å². The summed E-state index contributed by atoms with van der Waals surface area (Å²) < 4.78 is 38.2. The molecule has 0 bridgehead atoms. The molecule has 0 saturated carbocycles. The first-order chi connectivity index (χ1) is 14.9. The zero-order valence-corrected chi connectivity index (χ0v) is 18.9. The van der Waals surface area contributed by atoms with Crippen LogP contribution in [-0.4, -0.2) is 35.1 Å². The molecule has 164 valence electrons. The maximum atomic E-state index is 12.6. The molecule has 0 aliphatic carbocycles. The Bertz CT molecular complexity index is 1130. The molecule has 0 radical (unpaired) electrons. The summed E-state index contributed by atoms with van der Waals surface area (Å²) in [5.41, 5.74) is 1.21. The summed E-state index contributed by atoms with van der Waals surface area (Å²) in [5.74, 6) is 1.02. The molecular formula is C22H24N2O5S2. The monoisotopic (exact) mass is 460 g/mol. The molecule has 1 amide bonds. The SMILES string of the molecule is COc1ccc(CCNC(=O)c2cccc(S(=O)(=O)NCc3cccs3)c2)c(OC)c1. The molecule has 3 rings (SSSR count). The molecule has 1 aromatic heterocycles. The molecule has 0 fully saturated rings. The number of sulfonamides is 1. The van der Waals surface area contributed by atoms with Crippen molar-refractivity contribution in [1.29, 1.82) is 0 Å². The van der Waals surface area contributed by atoms with Gasteiger partial charge in [0.15, 0.2) is 0 Å². The topological polar surface area (TPSA) is 93.7 Å². The van der Waals surface area contributed by atoms with E-state index in [9.17, 15) is 13.2 Å². The van der Waals surface area contributed by atoms with E-state index >= 15 is 0 Å². The van der Waals surface area contributed by atoms with Crippen molar-refractivity contribution in [2.45, 2.75) is 17.9 Å². The molecule has 1 heterocycles. The molecule has 2 N–H and O–H groups in total. The number of rotatable bonds is 10. The summed E-state index contributed by atoms with van der Waals surface area (Å²) in [6, 6.07) is 15.2. The normalized spacial score (nSPS) is 11.2.